The second-order valence-electron chi connectivity index (χ2n) is 3.53. The molecular weight excluding hydrogens is 345 g/mol. The van der Waals surface area contributed by atoms with E-state index in [2.05, 4.69) is 0 Å². The minimum absolute atomic E-state index is 0.407. The van der Waals surface area contributed by atoms with Gasteiger partial charge in [0.05, 0.1) is 5.92 Å². The van der Waals surface area contributed by atoms with E-state index in [1.165, 1.54) is 0 Å². The molecule has 0 spiro atoms. The molecule has 15 heavy (non-hydrogen) atoms. The molecular formula is C9H14INO2S2. The average Bonchev–Trinajstić information content (AvgIpc) is 2.01. The maximum Gasteiger partial charge on any atom is 0.335 e. The molecule has 3 nitrogen and oxygen atoms in total. The standard InChI is InChI=1S/C9H14INO2S2/c1-5(14)7(6(2)15)9(10,8(12)13)11(3)4/h7H,1-4H3,(H,12,13). The Morgan fingerprint density at radius 1 is 1.33 bits per heavy atom. The number of alkyl halides is 1. The first-order chi connectivity index (χ1) is 6.65. The van der Waals surface area contributed by atoms with Crippen molar-refractivity contribution in [1.82, 2.24) is 4.90 Å². The number of hydrogen-bond acceptors (Lipinski definition) is 4. The highest BCUT2D eigenvalue weighted by atomic mass is 127. The molecule has 0 aromatic heterocycles. The number of nitrogens with zero attached hydrogens (tertiary/aromatic N) is 1. The van der Waals surface area contributed by atoms with Crippen LogP contribution in [0.1, 0.15) is 13.8 Å². The van der Waals surface area contributed by atoms with Gasteiger partial charge in [-0.25, -0.2) is 4.79 Å². The Kier molecular flexibility index (Phi) is 5.73. The molecule has 0 aromatic carbocycles. The van der Waals surface area contributed by atoms with Gasteiger partial charge in [0.2, 0.25) is 0 Å². The highest BCUT2D eigenvalue weighted by Crippen LogP contribution is 2.33. The zero-order valence-corrected chi connectivity index (χ0v) is 12.9. The Labute approximate surface area is 114 Å². The largest absolute Gasteiger partial charge is 0.479 e. The Hall–Kier alpha value is 0.340. The molecule has 0 radical (unpaired) electrons. The molecule has 0 saturated heterocycles. The Morgan fingerprint density at radius 3 is 1.73 bits per heavy atom. The van der Waals surface area contributed by atoms with Crippen molar-refractivity contribution in [1.29, 1.82) is 0 Å². The highest BCUT2D eigenvalue weighted by Gasteiger charge is 2.47. The number of hydrogen-bond donors (Lipinski definition) is 1. The van der Waals surface area contributed by atoms with Gasteiger partial charge < -0.3 is 5.11 Å². The molecule has 0 aliphatic rings. The number of carboxylic acids is 1. The van der Waals surface area contributed by atoms with Gasteiger partial charge in [-0.15, -0.1) is 0 Å². The van der Waals surface area contributed by atoms with Crippen molar-refractivity contribution < 1.29 is 9.90 Å². The average molecular weight is 359 g/mol. The molecule has 1 atom stereocenters. The summed E-state index contributed by atoms with van der Waals surface area (Å²) in [4.78, 5) is 14.2. The number of rotatable bonds is 5. The molecule has 0 rings (SSSR count). The normalized spacial score (nSPS) is 15.1. The number of aliphatic carboxylic acids is 1. The molecule has 1 unspecified atom stereocenters. The maximum atomic E-state index is 11.3. The van der Waals surface area contributed by atoms with Gasteiger partial charge in [0.1, 0.15) is 0 Å². The van der Waals surface area contributed by atoms with E-state index < -0.39 is 15.4 Å². The minimum atomic E-state index is -1.10. The number of likely N-dealkylation sites (N-methyl/N-ethyl adjacent to an activating group) is 1. The first kappa shape index (κ1) is 15.3. The van der Waals surface area contributed by atoms with Crippen LogP contribution in [-0.4, -0.2) is 43.3 Å². The van der Waals surface area contributed by atoms with Crippen molar-refractivity contribution in [2.45, 2.75) is 17.4 Å². The van der Waals surface area contributed by atoms with E-state index in [0.717, 1.165) is 0 Å². The van der Waals surface area contributed by atoms with Crippen molar-refractivity contribution in [3.05, 3.63) is 0 Å². The summed E-state index contributed by atoms with van der Waals surface area (Å²) in [5.74, 6) is -1.33. The van der Waals surface area contributed by atoms with Gasteiger partial charge in [0.15, 0.2) is 3.55 Å². The van der Waals surface area contributed by atoms with Crippen LogP contribution in [-0.2, 0) is 4.79 Å². The van der Waals surface area contributed by atoms with Crippen molar-refractivity contribution in [2.75, 3.05) is 14.1 Å². The summed E-state index contributed by atoms with van der Waals surface area (Å²) in [6, 6.07) is 0. The van der Waals surface area contributed by atoms with Crippen LogP contribution >= 0.6 is 47.0 Å². The molecule has 1 N–H and O–H groups in total. The molecule has 86 valence electrons. The maximum absolute atomic E-state index is 11.3. The van der Waals surface area contributed by atoms with Crippen LogP contribution in [0.25, 0.3) is 0 Å². The van der Waals surface area contributed by atoms with Gasteiger partial charge in [0.25, 0.3) is 0 Å². The predicted octanol–water partition coefficient (Wildman–Crippen LogP) is 2.16. The predicted molar refractivity (Wildman–Crippen MR) is 78.1 cm³/mol. The fourth-order valence-electron chi connectivity index (χ4n) is 1.40. The van der Waals surface area contributed by atoms with Gasteiger partial charge in [-0.05, 0) is 50.5 Å². The summed E-state index contributed by atoms with van der Waals surface area (Å²) in [5.41, 5.74) is 0. The summed E-state index contributed by atoms with van der Waals surface area (Å²) in [7, 11) is 3.42. The number of thiocarbonyl (C=S) groups is 2. The fraction of sp³-hybridized carbons (Fsp3) is 0.667. The monoisotopic (exact) mass is 359 g/mol. The van der Waals surface area contributed by atoms with Gasteiger partial charge in [-0.1, -0.05) is 24.4 Å². The van der Waals surface area contributed by atoms with Crippen LogP contribution in [0.4, 0.5) is 0 Å². The molecule has 0 saturated carbocycles. The van der Waals surface area contributed by atoms with E-state index in [0.29, 0.717) is 9.73 Å². The summed E-state index contributed by atoms with van der Waals surface area (Å²) in [5, 5.41) is 9.30. The molecule has 0 aliphatic heterocycles. The number of carbonyl (C=O) groups is 1. The van der Waals surface area contributed by atoms with Gasteiger partial charge >= 0.3 is 5.97 Å². The van der Waals surface area contributed by atoms with E-state index in [-0.39, 0.29) is 0 Å². The molecule has 0 bridgehead atoms. The lowest BCUT2D eigenvalue weighted by Crippen LogP contribution is -2.55. The van der Waals surface area contributed by atoms with Crippen molar-refractivity contribution in [2.24, 2.45) is 5.92 Å². The molecule has 0 aromatic rings. The highest BCUT2D eigenvalue weighted by molar-refractivity contribution is 14.1. The van der Waals surface area contributed by atoms with Crippen LogP contribution < -0.4 is 0 Å². The van der Waals surface area contributed by atoms with E-state index in [9.17, 15) is 9.90 Å². The van der Waals surface area contributed by atoms with E-state index >= 15 is 0 Å². The third-order valence-electron chi connectivity index (χ3n) is 2.15. The van der Waals surface area contributed by atoms with E-state index in [1.807, 2.05) is 22.6 Å². The molecule has 0 heterocycles. The second kappa shape index (κ2) is 5.60. The van der Waals surface area contributed by atoms with Gasteiger partial charge in [0, 0.05) is 9.73 Å². The summed E-state index contributed by atoms with van der Waals surface area (Å²) < 4.78 is -1.10. The van der Waals surface area contributed by atoms with E-state index in [1.54, 1.807) is 32.8 Å². The van der Waals surface area contributed by atoms with Crippen LogP contribution in [0.5, 0.6) is 0 Å². The number of halogens is 1. The third-order valence-corrected chi connectivity index (χ3v) is 4.67. The zero-order valence-electron chi connectivity index (χ0n) is 9.07. The van der Waals surface area contributed by atoms with Crippen LogP contribution in [0, 0.1) is 5.92 Å². The summed E-state index contributed by atoms with van der Waals surface area (Å²) in [6.07, 6.45) is 0. The van der Waals surface area contributed by atoms with E-state index in [4.69, 9.17) is 24.4 Å². The van der Waals surface area contributed by atoms with Crippen molar-refractivity contribution >= 4 is 62.7 Å². The minimum Gasteiger partial charge on any atom is -0.479 e. The van der Waals surface area contributed by atoms with Gasteiger partial charge in [-0.2, -0.15) is 0 Å². The quantitative estimate of drug-likeness (QED) is 0.353. The van der Waals surface area contributed by atoms with Crippen LogP contribution in [0.15, 0.2) is 0 Å². The first-order valence-corrected chi connectivity index (χ1v) is 6.15. The fourth-order valence-corrected chi connectivity index (χ4v) is 3.52. The smallest absolute Gasteiger partial charge is 0.335 e. The Balaban J connectivity index is 5.49. The molecule has 0 fully saturated rings. The van der Waals surface area contributed by atoms with Crippen molar-refractivity contribution in [3.63, 3.8) is 0 Å². The lowest BCUT2D eigenvalue weighted by atomic mass is 9.93. The topological polar surface area (TPSA) is 40.5 Å². The lowest BCUT2D eigenvalue weighted by Gasteiger charge is -2.37. The summed E-state index contributed by atoms with van der Waals surface area (Å²) >= 11 is 12.1. The molecule has 0 amide bonds. The lowest BCUT2D eigenvalue weighted by molar-refractivity contribution is -0.143. The second-order valence-corrected chi connectivity index (χ2v) is 6.46. The summed E-state index contributed by atoms with van der Waals surface area (Å²) in [6.45, 7) is 3.46. The van der Waals surface area contributed by atoms with Gasteiger partial charge in [-0.3, -0.25) is 4.90 Å². The van der Waals surface area contributed by atoms with Crippen LogP contribution in [0.2, 0.25) is 0 Å². The van der Waals surface area contributed by atoms with Crippen molar-refractivity contribution in [3.8, 4) is 0 Å². The van der Waals surface area contributed by atoms with Crippen LogP contribution in [0.3, 0.4) is 0 Å². The SMILES string of the molecule is CC(=S)C(C(C)=S)C(I)(C(=O)O)N(C)C. The number of carboxylic acid groups (broad SMARTS) is 1. The first-order valence-electron chi connectivity index (χ1n) is 4.26. The molecule has 6 heteroatoms. The molecule has 0 aliphatic carbocycles. The zero-order chi connectivity index (χ0) is 12.4. The Bertz CT molecular complexity index is 292. The third kappa shape index (κ3) is 3.15. The Morgan fingerprint density at radius 2 is 1.67 bits per heavy atom.